The Morgan fingerprint density at radius 2 is 1.45 bits per heavy atom. The van der Waals surface area contributed by atoms with Crippen molar-refractivity contribution in [3.05, 3.63) is 78.4 Å². The smallest absolute Gasteiger partial charge is 0.343 e. The van der Waals surface area contributed by atoms with Crippen molar-refractivity contribution in [3.63, 3.8) is 0 Å². The second kappa shape index (κ2) is 11.6. The molecule has 40 heavy (non-hydrogen) atoms. The summed E-state index contributed by atoms with van der Waals surface area (Å²) in [5.74, 6) is -0.0947. The number of sulfonamides is 1. The molecule has 0 amide bonds. The van der Waals surface area contributed by atoms with Crippen LogP contribution in [-0.2, 0) is 10.0 Å². The van der Waals surface area contributed by atoms with Gasteiger partial charge in [-0.2, -0.15) is 4.31 Å². The quantitative estimate of drug-likeness (QED) is 0.224. The molecule has 2 aliphatic heterocycles. The van der Waals surface area contributed by atoms with E-state index in [4.69, 9.17) is 9.72 Å². The number of esters is 1. The lowest BCUT2D eigenvalue weighted by molar-refractivity contribution is 0.0735. The maximum absolute atomic E-state index is 13.0. The molecule has 8 nitrogen and oxygen atoms in total. The van der Waals surface area contributed by atoms with E-state index in [1.54, 1.807) is 21.7 Å². The summed E-state index contributed by atoms with van der Waals surface area (Å²) >= 11 is 1.59. The number of aromatic nitrogens is 1. The first-order valence-corrected chi connectivity index (χ1v) is 16.0. The zero-order valence-corrected chi connectivity index (χ0v) is 23.9. The van der Waals surface area contributed by atoms with Crippen LogP contribution in [0.5, 0.6) is 5.75 Å². The number of carbonyl (C=O) groups is 1. The maximum atomic E-state index is 13.0. The molecule has 0 aliphatic carbocycles. The molecule has 3 aromatic carbocycles. The summed E-state index contributed by atoms with van der Waals surface area (Å²) in [5, 5.41) is 0.965. The van der Waals surface area contributed by atoms with Crippen LogP contribution in [0, 0.1) is 0 Å². The van der Waals surface area contributed by atoms with Crippen LogP contribution in [0.4, 0.5) is 10.8 Å². The minimum Gasteiger partial charge on any atom is -0.423 e. The molecule has 2 aliphatic rings. The van der Waals surface area contributed by atoms with Crippen molar-refractivity contribution in [2.24, 2.45) is 0 Å². The van der Waals surface area contributed by atoms with Gasteiger partial charge in [0.05, 0.1) is 20.7 Å². The molecule has 2 saturated heterocycles. The van der Waals surface area contributed by atoms with Crippen molar-refractivity contribution in [2.45, 2.75) is 30.6 Å². The molecule has 4 aromatic rings. The van der Waals surface area contributed by atoms with Crippen LogP contribution >= 0.6 is 11.3 Å². The first-order valence-electron chi connectivity index (χ1n) is 13.8. The Labute approximate surface area is 238 Å². The number of benzene rings is 3. The molecular formula is C30H32N4O4S2. The van der Waals surface area contributed by atoms with E-state index in [1.807, 2.05) is 18.2 Å². The summed E-state index contributed by atoms with van der Waals surface area (Å²) in [5.41, 5.74) is 2.41. The minimum absolute atomic E-state index is 0.203. The predicted octanol–water partition coefficient (Wildman–Crippen LogP) is 5.41. The van der Waals surface area contributed by atoms with Crippen LogP contribution in [0.25, 0.3) is 10.2 Å². The first-order chi connectivity index (χ1) is 19.5. The Hall–Kier alpha value is -3.47. The second-order valence-corrected chi connectivity index (χ2v) is 13.1. The Morgan fingerprint density at radius 3 is 2.15 bits per heavy atom. The lowest BCUT2D eigenvalue weighted by atomic mass is 10.2. The number of hydrogen-bond acceptors (Lipinski definition) is 8. The lowest BCUT2D eigenvalue weighted by Crippen LogP contribution is -2.46. The van der Waals surface area contributed by atoms with E-state index in [1.165, 1.54) is 30.0 Å². The van der Waals surface area contributed by atoms with Crippen LogP contribution in [0.1, 0.15) is 36.0 Å². The summed E-state index contributed by atoms with van der Waals surface area (Å²) in [6, 6.07) is 21.9. The van der Waals surface area contributed by atoms with Crippen molar-refractivity contribution < 1.29 is 17.9 Å². The van der Waals surface area contributed by atoms with Gasteiger partial charge in [-0.1, -0.05) is 42.4 Å². The lowest BCUT2D eigenvalue weighted by Gasteiger charge is -2.35. The SMILES string of the molecule is O=C(Oc1ccc2nc(N3CCN(c4ccccc4)CC3)sc2c1)c1ccc(S(=O)(=O)N2CCCCCC2)cc1. The third-order valence-corrected chi connectivity index (χ3v) is 10.5. The van der Waals surface area contributed by atoms with Gasteiger partial charge in [0.2, 0.25) is 10.0 Å². The predicted molar refractivity (Wildman–Crippen MR) is 159 cm³/mol. The molecule has 208 valence electrons. The standard InChI is InChI=1S/C30H32N4O4S2/c35-29(23-10-13-26(14-11-23)40(36,37)34-16-6-1-2-7-17-34)38-25-12-15-27-28(22-25)39-30(31-27)33-20-18-32(19-21-33)24-8-4-3-5-9-24/h3-5,8-15,22H,1-2,6-7,16-21H2. The molecule has 0 unspecified atom stereocenters. The van der Waals surface area contributed by atoms with Crippen LogP contribution in [0.3, 0.4) is 0 Å². The first kappa shape index (κ1) is 26.7. The third kappa shape index (κ3) is 5.70. The highest BCUT2D eigenvalue weighted by molar-refractivity contribution is 7.89. The number of ether oxygens (including phenoxy) is 1. The number of rotatable bonds is 6. The van der Waals surface area contributed by atoms with Gasteiger partial charge in [-0.3, -0.25) is 0 Å². The number of nitrogens with zero attached hydrogens (tertiary/aromatic N) is 4. The fraction of sp³-hybridized carbons (Fsp3) is 0.333. The Morgan fingerprint density at radius 1 is 0.775 bits per heavy atom. The normalized spacial score (nSPS) is 17.1. The van der Waals surface area contributed by atoms with E-state index in [-0.39, 0.29) is 4.90 Å². The molecule has 1 aromatic heterocycles. The third-order valence-electron chi connectivity index (χ3n) is 7.52. The molecule has 0 saturated carbocycles. The fourth-order valence-electron chi connectivity index (χ4n) is 5.25. The highest BCUT2D eigenvalue weighted by Gasteiger charge is 2.25. The van der Waals surface area contributed by atoms with Crippen molar-refractivity contribution in [2.75, 3.05) is 49.1 Å². The topological polar surface area (TPSA) is 83.0 Å². The molecule has 0 N–H and O–H groups in total. The summed E-state index contributed by atoms with van der Waals surface area (Å²) < 4.78 is 34.2. The summed E-state index contributed by atoms with van der Waals surface area (Å²) in [4.78, 5) is 22.6. The Balaban J connectivity index is 1.10. The average molecular weight is 577 g/mol. The molecule has 2 fully saturated rings. The van der Waals surface area contributed by atoms with Gasteiger partial charge >= 0.3 is 5.97 Å². The van der Waals surface area contributed by atoms with Crippen molar-refractivity contribution >= 4 is 48.4 Å². The van der Waals surface area contributed by atoms with Crippen LogP contribution < -0.4 is 14.5 Å². The van der Waals surface area contributed by atoms with Crippen molar-refractivity contribution in [1.82, 2.24) is 9.29 Å². The number of fused-ring (bicyclic) bond motifs is 1. The highest BCUT2D eigenvalue weighted by Crippen LogP contribution is 2.33. The summed E-state index contributed by atoms with van der Waals surface area (Å²) in [7, 11) is -3.57. The van der Waals surface area contributed by atoms with Gasteiger partial charge in [0.25, 0.3) is 0 Å². The molecule has 0 atom stereocenters. The molecule has 0 spiro atoms. The number of anilines is 2. The van der Waals surface area contributed by atoms with E-state index in [0.717, 1.165) is 67.2 Å². The number of carbonyl (C=O) groups excluding carboxylic acids is 1. The van der Waals surface area contributed by atoms with Gasteiger partial charge in [0.1, 0.15) is 5.75 Å². The number of hydrogen-bond donors (Lipinski definition) is 0. The van der Waals surface area contributed by atoms with Crippen molar-refractivity contribution in [1.29, 1.82) is 0 Å². The zero-order chi connectivity index (χ0) is 27.5. The van der Waals surface area contributed by atoms with Gasteiger partial charge < -0.3 is 14.5 Å². The maximum Gasteiger partial charge on any atom is 0.343 e. The van der Waals surface area contributed by atoms with Gasteiger partial charge in [-0.05, 0) is 61.4 Å². The van der Waals surface area contributed by atoms with Crippen LogP contribution in [-0.4, -0.2) is 62.9 Å². The van der Waals surface area contributed by atoms with E-state index in [0.29, 0.717) is 24.4 Å². The number of thiazole rings is 1. The van der Waals surface area contributed by atoms with Crippen LogP contribution in [0.2, 0.25) is 0 Å². The fourth-order valence-corrected chi connectivity index (χ4v) is 7.81. The molecule has 0 radical (unpaired) electrons. The average Bonchev–Trinajstić information content (AvgIpc) is 3.21. The monoisotopic (exact) mass is 576 g/mol. The molecule has 10 heteroatoms. The minimum atomic E-state index is -3.57. The summed E-state index contributed by atoms with van der Waals surface area (Å²) in [6.45, 7) is 4.72. The molecule has 6 rings (SSSR count). The van der Waals surface area contributed by atoms with Gasteiger partial charge in [-0.15, -0.1) is 0 Å². The summed E-state index contributed by atoms with van der Waals surface area (Å²) in [6.07, 6.45) is 3.86. The Kier molecular flexibility index (Phi) is 7.73. The largest absolute Gasteiger partial charge is 0.423 e. The van der Waals surface area contributed by atoms with E-state index in [2.05, 4.69) is 34.1 Å². The van der Waals surface area contributed by atoms with Gasteiger partial charge in [0.15, 0.2) is 5.13 Å². The van der Waals surface area contributed by atoms with Gasteiger partial charge in [-0.25, -0.2) is 18.2 Å². The van der Waals surface area contributed by atoms with E-state index >= 15 is 0 Å². The van der Waals surface area contributed by atoms with E-state index in [9.17, 15) is 13.2 Å². The zero-order valence-electron chi connectivity index (χ0n) is 22.2. The van der Waals surface area contributed by atoms with E-state index < -0.39 is 16.0 Å². The highest BCUT2D eigenvalue weighted by atomic mass is 32.2. The second-order valence-electron chi connectivity index (χ2n) is 10.2. The number of para-hydroxylation sites is 1. The van der Waals surface area contributed by atoms with Crippen molar-refractivity contribution in [3.8, 4) is 5.75 Å². The molecule has 3 heterocycles. The Bertz CT molecular complexity index is 1570. The molecule has 0 bridgehead atoms. The number of piperazine rings is 1. The van der Waals surface area contributed by atoms with Gasteiger partial charge in [0, 0.05) is 51.0 Å². The van der Waals surface area contributed by atoms with Crippen LogP contribution in [0.15, 0.2) is 77.7 Å². The molecular weight excluding hydrogens is 544 g/mol.